The number of ether oxygens (including phenoxy) is 2. The standard InChI is InChI=1S/C15H19NO2/c1-2-14-12(5-8-17-14)9-13(1)18-15-10-16-6-3-11(15)4-7-16/h1-2,9,11,15H,3-8,10H2/t15-/m0/s1. The summed E-state index contributed by atoms with van der Waals surface area (Å²) in [4.78, 5) is 2.53. The van der Waals surface area contributed by atoms with Crippen molar-refractivity contribution < 1.29 is 9.47 Å². The zero-order valence-electron chi connectivity index (χ0n) is 10.6. The van der Waals surface area contributed by atoms with Crippen LogP contribution in [0.5, 0.6) is 11.5 Å². The average Bonchev–Trinajstić information content (AvgIpc) is 2.87. The Labute approximate surface area is 108 Å². The average molecular weight is 245 g/mol. The second kappa shape index (κ2) is 4.16. The molecule has 3 nitrogen and oxygen atoms in total. The third-order valence-electron chi connectivity index (χ3n) is 4.54. The number of hydrogen-bond donors (Lipinski definition) is 0. The molecule has 0 saturated carbocycles. The Morgan fingerprint density at radius 3 is 2.89 bits per heavy atom. The molecule has 3 saturated heterocycles. The van der Waals surface area contributed by atoms with E-state index in [1.165, 1.54) is 31.5 Å². The quantitative estimate of drug-likeness (QED) is 0.796. The molecule has 0 spiro atoms. The van der Waals surface area contributed by atoms with Crippen LogP contribution in [0.3, 0.4) is 0 Å². The topological polar surface area (TPSA) is 21.7 Å². The molecule has 0 radical (unpaired) electrons. The van der Waals surface area contributed by atoms with Crippen LogP contribution in [0.1, 0.15) is 18.4 Å². The van der Waals surface area contributed by atoms with E-state index in [9.17, 15) is 0 Å². The van der Waals surface area contributed by atoms with Crippen LogP contribution < -0.4 is 9.47 Å². The minimum absolute atomic E-state index is 0.396. The van der Waals surface area contributed by atoms with Crippen molar-refractivity contribution in [2.75, 3.05) is 26.2 Å². The van der Waals surface area contributed by atoms with Crippen molar-refractivity contribution in [2.24, 2.45) is 5.92 Å². The monoisotopic (exact) mass is 245 g/mol. The van der Waals surface area contributed by atoms with Gasteiger partial charge in [0.2, 0.25) is 0 Å². The van der Waals surface area contributed by atoms with Gasteiger partial charge in [0.15, 0.2) is 0 Å². The predicted octanol–water partition coefficient (Wildman–Crippen LogP) is 2.09. The molecule has 0 N–H and O–H groups in total. The summed E-state index contributed by atoms with van der Waals surface area (Å²) in [6.07, 6.45) is 4.03. The maximum Gasteiger partial charge on any atom is 0.122 e. The van der Waals surface area contributed by atoms with E-state index in [2.05, 4.69) is 23.1 Å². The third kappa shape index (κ3) is 1.77. The van der Waals surface area contributed by atoms with Gasteiger partial charge in [0, 0.05) is 18.5 Å². The van der Waals surface area contributed by atoms with E-state index >= 15 is 0 Å². The fourth-order valence-electron chi connectivity index (χ4n) is 3.46. The lowest BCUT2D eigenvalue weighted by atomic mass is 9.86. The number of hydrogen-bond acceptors (Lipinski definition) is 3. The second-order valence-corrected chi connectivity index (χ2v) is 5.66. The summed E-state index contributed by atoms with van der Waals surface area (Å²) in [7, 11) is 0. The molecule has 1 atom stereocenters. The summed E-state index contributed by atoms with van der Waals surface area (Å²) in [5.74, 6) is 2.83. The van der Waals surface area contributed by atoms with E-state index in [4.69, 9.17) is 9.47 Å². The normalized spacial score (nSPS) is 33.0. The SMILES string of the molecule is c1cc2c(cc1O[C@H]1CN3CCC1CC3)CCO2. The van der Waals surface area contributed by atoms with Crippen LogP contribution in [-0.4, -0.2) is 37.2 Å². The van der Waals surface area contributed by atoms with Crippen LogP contribution in [-0.2, 0) is 6.42 Å². The number of piperidine rings is 3. The molecule has 0 aromatic heterocycles. The van der Waals surface area contributed by atoms with Gasteiger partial charge in [0.05, 0.1) is 6.61 Å². The highest BCUT2D eigenvalue weighted by molar-refractivity contribution is 5.42. The lowest BCUT2D eigenvalue weighted by Gasteiger charge is -2.44. The molecule has 4 heterocycles. The van der Waals surface area contributed by atoms with Gasteiger partial charge in [-0.2, -0.15) is 0 Å². The predicted molar refractivity (Wildman–Crippen MR) is 69.2 cm³/mol. The molecule has 1 aromatic carbocycles. The minimum atomic E-state index is 0.396. The van der Waals surface area contributed by atoms with Gasteiger partial charge in [0.1, 0.15) is 17.6 Å². The Morgan fingerprint density at radius 2 is 2.11 bits per heavy atom. The van der Waals surface area contributed by atoms with Crippen molar-refractivity contribution in [1.29, 1.82) is 0 Å². The van der Waals surface area contributed by atoms with E-state index in [0.29, 0.717) is 6.10 Å². The third-order valence-corrected chi connectivity index (χ3v) is 4.54. The number of rotatable bonds is 2. The lowest BCUT2D eigenvalue weighted by Crippen LogP contribution is -2.52. The zero-order valence-corrected chi connectivity index (χ0v) is 10.6. The van der Waals surface area contributed by atoms with Crippen molar-refractivity contribution in [3.8, 4) is 11.5 Å². The first-order chi connectivity index (χ1) is 8.88. The molecular weight excluding hydrogens is 226 g/mol. The Morgan fingerprint density at radius 1 is 1.22 bits per heavy atom. The minimum Gasteiger partial charge on any atom is -0.493 e. The van der Waals surface area contributed by atoms with Crippen molar-refractivity contribution in [1.82, 2.24) is 4.90 Å². The molecule has 0 unspecified atom stereocenters. The summed E-state index contributed by atoms with van der Waals surface area (Å²) in [6.45, 7) is 4.46. The molecule has 1 aromatic rings. The molecule has 3 heteroatoms. The maximum atomic E-state index is 6.22. The summed E-state index contributed by atoms with van der Waals surface area (Å²) in [5, 5.41) is 0. The molecule has 0 aliphatic carbocycles. The van der Waals surface area contributed by atoms with E-state index in [-0.39, 0.29) is 0 Å². The van der Waals surface area contributed by atoms with Gasteiger partial charge in [-0.05, 0) is 50.0 Å². The van der Waals surface area contributed by atoms with E-state index in [0.717, 1.165) is 37.0 Å². The van der Waals surface area contributed by atoms with Gasteiger partial charge in [0.25, 0.3) is 0 Å². The van der Waals surface area contributed by atoms with Crippen LogP contribution in [0.15, 0.2) is 18.2 Å². The van der Waals surface area contributed by atoms with E-state index in [1.807, 2.05) is 0 Å². The largest absolute Gasteiger partial charge is 0.493 e. The number of nitrogens with zero attached hydrogens (tertiary/aromatic N) is 1. The van der Waals surface area contributed by atoms with Crippen LogP contribution in [0.2, 0.25) is 0 Å². The first kappa shape index (κ1) is 10.7. The summed E-state index contributed by atoms with van der Waals surface area (Å²) >= 11 is 0. The highest BCUT2D eigenvalue weighted by atomic mass is 16.5. The smallest absolute Gasteiger partial charge is 0.122 e. The van der Waals surface area contributed by atoms with Gasteiger partial charge in [-0.25, -0.2) is 0 Å². The van der Waals surface area contributed by atoms with Crippen LogP contribution in [0.25, 0.3) is 0 Å². The highest BCUT2D eigenvalue weighted by Gasteiger charge is 2.35. The molecule has 0 amide bonds. The first-order valence-corrected chi connectivity index (χ1v) is 7.03. The van der Waals surface area contributed by atoms with Gasteiger partial charge in [-0.3, -0.25) is 4.90 Å². The lowest BCUT2D eigenvalue weighted by molar-refractivity contribution is -0.00778. The van der Waals surface area contributed by atoms with Crippen molar-refractivity contribution >= 4 is 0 Å². The fourth-order valence-corrected chi connectivity index (χ4v) is 3.46. The highest BCUT2D eigenvalue weighted by Crippen LogP contribution is 2.33. The van der Waals surface area contributed by atoms with Gasteiger partial charge >= 0.3 is 0 Å². The van der Waals surface area contributed by atoms with Crippen molar-refractivity contribution in [3.05, 3.63) is 23.8 Å². The Hall–Kier alpha value is -1.22. The van der Waals surface area contributed by atoms with Gasteiger partial charge < -0.3 is 9.47 Å². The second-order valence-electron chi connectivity index (χ2n) is 5.66. The molecular formula is C15H19NO2. The Bertz CT molecular complexity index is 452. The van der Waals surface area contributed by atoms with Crippen molar-refractivity contribution in [2.45, 2.75) is 25.4 Å². The Balaban J connectivity index is 1.51. The number of benzene rings is 1. The van der Waals surface area contributed by atoms with Crippen LogP contribution in [0.4, 0.5) is 0 Å². The molecule has 4 aliphatic heterocycles. The molecule has 2 bridgehead atoms. The first-order valence-electron chi connectivity index (χ1n) is 7.03. The van der Waals surface area contributed by atoms with E-state index < -0.39 is 0 Å². The van der Waals surface area contributed by atoms with Crippen LogP contribution in [0, 0.1) is 5.92 Å². The molecule has 4 aliphatic rings. The molecule has 3 fully saturated rings. The number of fused-ring (bicyclic) bond motifs is 4. The van der Waals surface area contributed by atoms with E-state index in [1.54, 1.807) is 0 Å². The van der Waals surface area contributed by atoms with Gasteiger partial charge in [-0.1, -0.05) is 0 Å². The zero-order chi connectivity index (χ0) is 11.9. The molecule has 18 heavy (non-hydrogen) atoms. The molecule has 96 valence electrons. The summed E-state index contributed by atoms with van der Waals surface area (Å²) in [6, 6.07) is 6.28. The fraction of sp³-hybridized carbons (Fsp3) is 0.600. The van der Waals surface area contributed by atoms with Crippen molar-refractivity contribution in [3.63, 3.8) is 0 Å². The maximum absolute atomic E-state index is 6.22. The van der Waals surface area contributed by atoms with Crippen LogP contribution >= 0.6 is 0 Å². The Kier molecular flexibility index (Phi) is 2.47. The van der Waals surface area contributed by atoms with Gasteiger partial charge in [-0.15, -0.1) is 0 Å². The summed E-state index contributed by atoms with van der Waals surface area (Å²) in [5.41, 5.74) is 1.30. The summed E-state index contributed by atoms with van der Waals surface area (Å²) < 4.78 is 11.7. The molecule has 5 rings (SSSR count).